The molecule has 0 aromatic rings. The average molecular weight is 204 g/mol. The molecule has 2 heteroatoms. The summed E-state index contributed by atoms with van der Waals surface area (Å²) in [5, 5.41) is 6.90. The van der Waals surface area contributed by atoms with Crippen molar-refractivity contribution in [3.63, 3.8) is 0 Å². The van der Waals surface area contributed by atoms with Crippen molar-refractivity contribution < 1.29 is 0 Å². The van der Waals surface area contributed by atoms with Crippen LogP contribution in [0.2, 0.25) is 0 Å². The third-order valence-corrected chi connectivity index (χ3v) is 3.17. The van der Waals surface area contributed by atoms with Crippen molar-refractivity contribution >= 4 is 0 Å². The molecular weight excluding hydrogens is 184 g/mol. The van der Waals surface area contributed by atoms with E-state index in [9.17, 15) is 0 Å². The van der Waals surface area contributed by atoms with E-state index in [1.807, 2.05) is 0 Å². The normalized spacial score (nSPS) is 25.8. The minimum atomic E-state index is 0.459. The molecule has 2 aliphatic rings. The van der Waals surface area contributed by atoms with Crippen LogP contribution in [-0.2, 0) is 0 Å². The molecule has 0 saturated carbocycles. The van der Waals surface area contributed by atoms with Crippen LogP contribution in [0.15, 0.2) is 35.7 Å². The first-order valence-corrected chi connectivity index (χ1v) is 5.84. The van der Waals surface area contributed by atoms with Crippen molar-refractivity contribution in [2.24, 2.45) is 0 Å². The zero-order valence-electron chi connectivity index (χ0n) is 9.47. The van der Waals surface area contributed by atoms with E-state index in [-0.39, 0.29) is 0 Å². The predicted octanol–water partition coefficient (Wildman–Crippen LogP) is 2.47. The van der Waals surface area contributed by atoms with Crippen molar-refractivity contribution in [3.05, 3.63) is 35.7 Å². The smallest absolute Gasteiger partial charge is 0.0467 e. The fourth-order valence-electron chi connectivity index (χ4n) is 2.19. The Morgan fingerprint density at radius 3 is 2.93 bits per heavy atom. The van der Waals surface area contributed by atoms with Gasteiger partial charge in [-0.25, -0.2) is 0 Å². The van der Waals surface area contributed by atoms with Crippen molar-refractivity contribution in [2.45, 2.75) is 38.6 Å². The highest BCUT2D eigenvalue weighted by atomic mass is 15.0. The molecule has 0 bridgehead atoms. The fourth-order valence-corrected chi connectivity index (χ4v) is 2.19. The second kappa shape index (κ2) is 4.67. The van der Waals surface area contributed by atoms with Crippen LogP contribution in [0, 0.1) is 0 Å². The minimum absolute atomic E-state index is 0.459. The molecule has 1 aliphatic carbocycles. The monoisotopic (exact) mass is 204 g/mol. The fraction of sp³-hybridized carbons (Fsp3) is 0.538. The maximum Gasteiger partial charge on any atom is 0.0467 e. The maximum atomic E-state index is 4.12. The number of nitrogens with one attached hydrogen (secondary N) is 2. The van der Waals surface area contributed by atoms with Crippen molar-refractivity contribution in [1.29, 1.82) is 0 Å². The van der Waals surface area contributed by atoms with Crippen LogP contribution in [0.3, 0.4) is 0 Å². The van der Waals surface area contributed by atoms with Gasteiger partial charge in [0.05, 0.1) is 0 Å². The summed E-state index contributed by atoms with van der Waals surface area (Å²) in [7, 11) is 0. The zero-order valence-corrected chi connectivity index (χ0v) is 9.47. The first-order chi connectivity index (χ1) is 7.27. The van der Waals surface area contributed by atoms with Crippen LogP contribution in [0.5, 0.6) is 0 Å². The van der Waals surface area contributed by atoms with E-state index < -0.39 is 0 Å². The quantitative estimate of drug-likeness (QED) is 0.738. The second-order valence-corrected chi connectivity index (χ2v) is 4.38. The summed E-state index contributed by atoms with van der Waals surface area (Å²) < 4.78 is 0. The highest BCUT2D eigenvalue weighted by Crippen LogP contribution is 2.19. The van der Waals surface area contributed by atoms with Gasteiger partial charge in [0.1, 0.15) is 0 Å². The molecule has 2 rings (SSSR count). The molecule has 0 aromatic carbocycles. The molecular formula is C13H20N2. The van der Waals surface area contributed by atoms with Crippen molar-refractivity contribution in [2.75, 3.05) is 6.54 Å². The van der Waals surface area contributed by atoms with Gasteiger partial charge in [-0.05, 0) is 44.7 Å². The lowest BCUT2D eigenvalue weighted by atomic mass is 10.0. The second-order valence-electron chi connectivity index (χ2n) is 4.38. The molecule has 0 amide bonds. The summed E-state index contributed by atoms with van der Waals surface area (Å²) in [6.07, 6.45) is 9.35. The Bertz CT molecular complexity index is 306. The van der Waals surface area contributed by atoms with Gasteiger partial charge in [-0.2, -0.15) is 0 Å². The largest absolute Gasteiger partial charge is 0.358 e. The van der Waals surface area contributed by atoms with E-state index in [1.165, 1.54) is 30.5 Å². The molecule has 0 radical (unpaired) electrons. The third-order valence-electron chi connectivity index (χ3n) is 3.17. The number of allylic oxidation sites excluding steroid dienone is 3. The first-order valence-electron chi connectivity index (χ1n) is 5.84. The summed E-state index contributed by atoms with van der Waals surface area (Å²) >= 11 is 0. The molecule has 1 atom stereocenters. The molecule has 1 fully saturated rings. The van der Waals surface area contributed by atoms with Crippen LogP contribution in [0.25, 0.3) is 0 Å². The molecule has 0 aromatic heterocycles. The van der Waals surface area contributed by atoms with Gasteiger partial charge < -0.3 is 10.6 Å². The van der Waals surface area contributed by atoms with Crippen LogP contribution in [0.4, 0.5) is 0 Å². The van der Waals surface area contributed by atoms with E-state index in [2.05, 4.69) is 36.3 Å². The summed E-state index contributed by atoms with van der Waals surface area (Å²) in [4.78, 5) is 0. The highest BCUT2D eigenvalue weighted by molar-refractivity contribution is 5.33. The Morgan fingerprint density at radius 1 is 1.47 bits per heavy atom. The lowest BCUT2D eigenvalue weighted by Gasteiger charge is -2.20. The number of hydrogen-bond acceptors (Lipinski definition) is 2. The van der Waals surface area contributed by atoms with Crippen LogP contribution < -0.4 is 10.6 Å². The molecule has 1 unspecified atom stereocenters. The Kier molecular flexibility index (Phi) is 3.27. The van der Waals surface area contributed by atoms with E-state index in [0.717, 1.165) is 18.7 Å². The van der Waals surface area contributed by atoms with Crippen LogP contribution in [-0.4, -0.2) is 12.6 Å². The molecule has 1 saturated heterocycles. The number of rotatable bonds is 3. The van der Waals surface area contributed by atoms with E-state index in [0.29, 0.717) is 6.04 Å². The summed E-state index contributed by atoms with van der Waals surface area (Å²) in [6, 6.07) is 0.459. The Labute approximate surface area is 92.1 Å². The van der Waals surface area contributed by atoms with Gasteiger partial charge in [-0.15, -0.1) is 0 Å². The lowest BCUT2D eigenvalue weighted by Crippen LogP contribution is -2.31. The molecule has 82 valence electrons. The minimum Gasteiger partial charge on any atom is -0.358 e. The van der Waals surface area contributed by atoms with Gasteiger partial charge in [0.15, 0.2) is 0 Å². The maximum absolute atomic E-state index is 4.12. The summed E-state index contributed by atoms with van der Waals surface area (Å²) in [6.45, 7) is 7.41. The van der Waals surface area contributed by atoms with E-state index in [1.54, 1.807) is 0 Å². The van der Waals surface area contributed by atoms with Crippen LogP contribution >= 0.6 is 0 Å². The van der Waals surface area contributed by atoms with Gasteiger partial charge in [-0.3, -0.25) is 0 Å². The van der Waals surface area contributed by atoms with Gasteiger partial charge in [0, 0.05) is 17.4 Å². The first kappa shape index (κ1) is 10.5. The predicted molar refractivity (Wildman–Crippen MR) is 64.4 cm³/mol. The molecule has 2 N–H and O–H groups in total. The third kappa shape index (κ3) is 2.51. The summed E-state index contributed by atoms with van der Waals surface area (Å²) in [5.74, 6) is 0. The molecule has 15 heavy (non-hydrogen) atoms. The lowest BCUT2D eigenvalue weighted by molar-refractivity contribution is 0.650. The number of hydrogen-bond donors (Lipinski definition) is 2. The standard InChI is InChI=1S/C13H20N2/c1-10-6-3-4-7-12(10)15-11(2)13-8-5-9-14-13/h6-7,13-15H,2-5,8-9H2,1H3. The van der Waals surface area contributed by atoms with Gasteiger partial charge in [0.25, 0.3) is 0 Å². The van der Waals surface area contributed by atoms with Crippen LogP contribution in [0.1, 0.15) is 32.6 Å². The molecule has 0 spiro atoms. The highest BCUT2D eigenvalue weighted by Gasteiger charge is 2.18. The van der Waals surface area contributed by atoms with Gasteiger partial charge in [0.2, 0.25) is 0 Å². The van der Waals surface area contributed by atoms with E-state index >= 15 is 0 Å². The van der Waals surface area contributed by atoms with Crippen molar-refractivity contribution in [1.82, 2.24) is 10.6 Å². The zero-order chi connectivity index (χ0) is 10.7. The molecule has 1 heterocycles. The average Bonchev–Trinajstić information content (AvgIpc) is 2.74. The van der Waals surface area contributed by atoms with Gasteiger partial charge in [-0.1, -0.05) is 18.7 Å². The topological polar surface area (TPSA) is 24.1 Å². The van der Waals surface area contributed by atoms with Crippen molar-refractivity contribution in [3.8, 4) is 0 Å². The molecule has 1 aliphatic heterocycles. The Morgan fingerprint density at radius 2 is 2.27 bits per heavy atom. The Balaban J connectivity index is 1.93. The Hall–Kier alpha value is -1.02. The van der Waals surface area contributed by atoms with Gasteiger partial charge >= 0.3 is 0 Å². The SMILES string of the molecule is C=C(NC1=CCCC=C1C)C1CCCN1. The molecule has 2 nitrogen and oxygen atoms in total. The summed E-state index contributed by atoms with van der Waals surface area (Å²) in [5.41, 5.74) is 3.72. The van der Waals surface area contributed by atoms with E-state index in [4.69, 9.17) is 0 Å².